The Morgan fingerprint density at radius 2 is 1.69 bits per heavy atom. The largest absolute Gasteiger partial charge is 0.497 e. The van der Waals surface area contributed by atoms with Gasteiger partial charge in [0.25, 0.3) is 5.91 Å². The third kappa shape index (κ3) is 7.08. The van der Waals surface area contributed by atoms with Gasteiger partial charge in [0, 0.05) is 55.3 Å². The summed E-state index contributed by atoms with van der Waals surface area (Å²) >= 11 is 0. The number of amides is 1. The fraction of sp³-hybridized carbons (Fsp3) is 0.400. The maximum atomic E-state index is 14.0. The lowest BCUT2D eigenvalue weighted by Gasteiger charge is -2.40. The molecule has 11 heteroatoms. The van der Waals surface area contributed by atoms with Crippen molar-refractivity contribution in [1.82, 2.24) is 19.8 Å². The van der Waals surface area contributed by atoms with Crippen molar-refractivity contribution in [3.05, 3.63) is 95.9 Å². The second-order valence-corrected chi connectivity index (χ2v) is 13.6. The van der Waals surface area contributed by atoms with Gasteiger partial charge in [-0.3, -0.25) is 4.79 Å². The minimum Gasteiger partial charge on any atom is -0.497 e. The van der Waals surface area contributed by atoms with Crippen molar-refractivity contribution in [3.63, 3.8) is 0 Å². The van der Waals surface area contributed by atoms with Gasteiger partial charge < -0.3 is 43.0 Å². The predicted octanol–water partition coefficient (Wildman–Crippen LogP) is 6.54. The highest BCUT2D eigenvalue weighted by Crippen LogP contribution is 2.42. The average molecular weight is 694 g/mol. The number of hydrogen-bond donors (Lipinski definition) is 1. The average Bonchev–Trinajstić information content (AvgIpc) is 3.96. The Labute approximate surface area is 299 Å². The molecule has 11 nitrogen and oxygen atoms in total. The molecule has 0 spiro atoms. The van der Waals surface area contributed by atoms with E-state index < -0.39 is 0 Å². The maximum absolute atomic E-state index is 14.0. The lowest BCUT2D eigenvalue weighted by Crippen LogP contribution is -2.46. The number of anilines is 1. The van der Waals surface area contributed by atoms with E-state index in [1.807, 2.05) is 41.5 Å². The Kier molecular flexibility index (Phi) is 10.1. The Bertz CT molecular complexity index is 1860. The molecule has 2 aliphatic heterocycles. The topological polar surface area (TPSA) is 106 Å². The first kappa shape index (κ1) is 34.3. The molecule has 2 fully saturated rings. The lowest BCUT2D eigenvalue weighted by atomic mass is 9.76. The van der Waals surface area contributed by atoms with Gasteiger partial charge in [-0.15, -0.1) is 0 Å². The fourth-order valence-electron chi connectivity index (χ4n) is 7.82. The number of imidazole rings is 1. The van der Waals surface area contributed by atoms with E-state index in [4.69, 9.17) is 28.3 Å². The van der Waals surface area contributed by atoms with Crippen molar-refractivity contribution in [2.75, 3.05) is 66.1 Å². The number of fused-ring (bicyclic) bond motifs is 1. The predicted molar refractivity (Wildman–Crippen MR) is 196 cm³/mol. The van der Waals surface area contributed by atoms with Crippen LogP contribution < -0.4 is 23.8 Å². The van der Waals surface area contributed by atoms with Gasteiger partial charge in [0.15, 0.2) is 11.5 Å². The van der Waals surface area contributed by atoms with Crippen LogP contribution in [-0.2, 0) is 12.0 Å². The molecule has 0 aliphatic carbocycles. The van der Waals surface area contributed by atoms with Crippen molar-refractivity contribution in [1.29, 1.82) is 0 Å². The Morgan fingerprint density at radius 3 is 2.33 bits per heavy atom. The molecule has 0 radical (unpaired) electrons. The molecule has 1 N–H and O–H groups in total. The van der Waals surface area contributed by atoms with E-state index in [9.17, 15) is 4.79 Å². The van der Waals surface area contributed by atoms with Gasteiger partial charge in [0.05, 0.1) is 52.0 Å². The van der Waals surface area contributed by atoms with Crippen molar-refractivity contribution in [3.8, 4) is 23.0 Å². The maximum Gasteiger partial charge on any atom is 0.254 e. The molecule has 1 atom stereocenters. The van der Waals surface area contributed by atoms with Gasteiger partial charge in [0.1, 0.15) is 5.75 Å². The van der Waals surface area contributed by atoms with Gasteiger partial charge in [-0.05, 0) is 80.3 Å². The Morgan fingerprint density at radius 1 is 0.941 bits per heavy atom. The summed E-state index contributed by atoms with van der Waals surface area (Å²) in [7, 11) is 6.38. The third-order valence-electron chi connectivity index (χ3n) is 10.7. The van der Waals surface area contributed by atoms with E-state index in [1.54, 1.807) is 46.8 Å². The number of ether oxygens (including phenoxy) is 4. The number of H-pyrrole nitrogens is 1. The van der Waals surface area contributed by atoms with E-state index in [-0.39, 0.29) is 11.3 Å². The molecule has 0 bridgehead atoms. The van der Waals surface area contributed by atoms with Crippen molar-refractivity contribution in [2.45, 2.75) is 43.7 Å². The van der Waals surface area contributed by atoms with Crippen molar-refractivity contribution >= 4 is 22.9 Å². The van der Waals surface area contributed by atoms with Crippen LogP contribution >= 0.6 is 0 Å². The summed E-state index contributed by atoms with van der Waals surface area (Å²) in [6.07, 6.45) is 7.41. The van der Waals surface area contributed by atoms with Crippen molar-refractivity contribution < 1.29 is 28.2 Å². The van der Waals surface area contributed by atoms with Gasteiger partial charge in [-0.1, -0.05) is 24.3 Å². The van der Waals surface area contributed by atoms with Crippen LogP contribution in [0, 0.1) is 0 Å². The van der Waals surface area contributed by atoms with Crippen molar-refractivity contribution in [2.24, 2.45) is 0 Å². The Hall–Kier alpha value is -5.16. The molecular formula is C40H47N5O6. The molecule has 1 amide bonds. The summed E-state index contributed by atoms with van der Waals surface area (Å²) in [5.74, 6) is 3.08. The van der Waals surface area contributed by atoms with E-state index >= 15 is 0 Å². The zero-order valence-electron chi connectivity index (χ0n) is 29.9. The minimum atomic E-state index is -0.193. The lowest BCUT2D eigenvalue weighted by molar-refractivity contribution is 0.0779. The number of nitrogens with zero attached hydrogens (tertiary/aromatic N) is 4. The molecule has 2 aliphatic rings. The molecular weight excluding hydrogens is 646 g/mol. The molecule has 0 saturated carbocycles. The molecule has 268 valence electrons. The van der Waals surface area contributed by atoms with Crippen LogP contribution in [0.4, 0.5) is 5.95 Å². The van der Waals surface area contributed by atoms with Crippen LogP contribution in [0.1, 0.15) is 47.2 Å². The Balaban J connectivity index is 1.06. The molecule has 5 aromatic rings. The number of benzene rings is 3. The molecule has 7 rings (SSSR count). The number of nitrogens with one attached hydrogen (secondary N) is 1. The number of rotatable bonds is 13. The standard InChI is InChI=1S/C40H47N5O6/c1-47-32-11-9-30(10-12-32)40(17-21-44(27-40)38(46)29-23-35(48-2)37(50-4)36(24-29)49-3)16-20-43-18-13-31(14-19-43)45(25-28-15-22-51-26-28)39-41-33-7-5-6-8-34(33)42-39/h5-12,15,22-24,26,31H,13-14,16-21,25,27H2,1-4H3,(H,41,42). The molecule has 4 heterocycles. The highest BCUT2D eigenvalue weighted by atomic mass is 16.5. The van der Waals surface area contributed by atoms with Crippen LogP contribution in [0.3, 0.4) is 0 Å². The SMILES string of the molecule is COc1ccc(C2(CCN3CCC(N(Cc4ccoc4)c4nc5ccccc5[nH]4)CC3)CCN(C(=O)c3cc(OC)c(OC)c(OC)c3)C2)cc1. The highest BCUT2D eigenvalue weighted by Gasteiger charge is 2.42. The summed E-state index contributed by atoms with van der Waals surface area (Å²) in [5.41, 5.74) is 4.70. The molecule has 2 saturated heterocycles. The van der Waals surface area contributed by atoms with Crippen LogP contribution in [0.25, 0.3) is 11.0 Å². The summed E-state index contributed by atoms with van der Waals surface area (Å²) < 4.78 is 27.5. The zero-order chi connectivity index (χ0) is 35.4. The molecule has 3 aromatic carbocycles. The van der Waals surface area contributed by atoms with Crippen LogP contribution in [0.15, 0.2) is 83.7 Å². The van der Waals surface area contributed by atoms with Gasteiger partial charge >= 0.3 is 0 Å². The van der Waals surface area contributed by atoms with Gasteiger partial charge in [0.2, 0.25) is 11.7 Å². The molecule has 51 heavy (non-hydrogen) atoms. The monoisotopic (exact) mass is 693 g/mol. The number of methoxy groups -OCH3 is 4. The first-order valence-electron chi connectivity index (χ1n) is 17.6. The number of aromatic amines is 1. The number of piperidine rings is 1. The van der Waals surface area contributed by atoms with E-state index in [2.05, 4.69) is 39.0 Å². The van der Waals surface area contributed by atoms with E-state index in [0.29, 0.717) is 41.9 Å². The molecule has 2 aromatic heterocycles. The number of aromatic nitrogens is 2. The van der Waals surface area contributed by atoms with Gasteiger partial charge in [-0.2, -0.15) is 0 Å². The number of carbonyl (C=O) groups excluding carboxylic acids is 1. The first-order valence-corrected chi connectivity index (χ1v) is 17.6. The second kappa shape index (κ2) is 15.0. The number of carbonyl (C=O) groups is 1. The second-order valence-electron chi connectivity index (χ2n) is 13.6. The highest BCUT2D eigenvalue weighted by molar-refractivity contribution is 5.96. The smallest absolute Gasteiger partial charge is 0.254 e. The first-order chi connectivity index (χ1) is 24.9. The van der Waals surface area contributed by atoms with Crippen LogP contribution in [-0.4, -0.2) is 92.9 Å². The number of para-hydroxylation sites is 2. The number of furan rings is 1. The van der Waals surface area contributed by atoms with E-state index in [0.717, 1.165) is 80.2 Å². The molecule has 1 unspecified atom stereocenters. The summed E-state index contributed by atoms with van der Waals surface area (Å²) in [6, 6.07) is 22.4. The summed E-state index contributed by atoms with van der Waals surface area (Å²) in [4.78, 5) is 29.5. The van der Waals surface area contributed by atoms with Crippen LogP contribution in [0.5, 0.6) is 23.0 Å². The minimum absolute atomic E-state index is 0.0474. The zero-order valence-corrected chi connectivity index (χ0v) is 29.9. The van der Waals surface area contributed by atoms with Gasteiger partial charge in [-0.25, -0.2) is 4.98 Å². The number of likely N-dealkylation sites (tertiary alicyclic amines) is 2. The number of hydrogen-bond acceptors (Lipinski definition) is 9. The van der Waals surface area contributed by atoms with E-state index in [1.165, 1.54) is 5.56 Å². The summed E-state index contributed by atoms with van der Waals surface area (Å²) in [6.45, 7) is 4.92. The van der Waals surface area contributed by atoms with Crippen LogP contribution in [0.2, 0.25) is 0 Å². The fourth-order valence-corrected chi connectivity index (χ4v) is 7.82. The third-order valence-corrected chi connectivity index (χ3v) is 10.7. The quantitative estimate of drug-likeness (QED) is 0.147. The summed E-state index contributed by atoms with van der Waals surface area (Å²) in [5, 5.41) is 0. The normalized spacial score (nSPS) is 18.2.